The minimum Gasteiger partial charge on any atom is -0.389 e. The summed E-state index contributed by atoms with van der Waals surface area (Å²) in [7, 11) is 0. The van der Waals surface area contributed by atoms with Gasteiger partial charge in [0, 0.05) is 52.5 Å². The van der Waals surface area contributed by atoms with E-state index in [0.717, 1.165) is 10.9 Å². The van der Waals surface area contributed by atoms with E-state index < -0.39 is 22.8 Å². The average Bonchev–Trinajstić information content (AvgIpc) is 3.50. The number of aromatic nitrogens is 2. The Kier molecular flexibility index (Phi) is 5.67. The third-order valence-electron chi connectivity index (χ3n) is 6.05. The van der Waals surface area contributed by atoms with Gasteiger partial charge in [0.1, 0.15) is 5.52 Å². The lowest BCUT2D eigenvalue weighted by molar-refractivity contribution is -0.383. The summed E-state index contributed by atoms with van der Waals surface area (Å²) in [4.78, 5) is 40.4. The number of amides is 2. The van der Waals surface area contributed by atoms with Gasteiger partial charge in [0.2, 0.25) is 0 Å². The number of carbonyl (C=O) groups excluding carboxylic acids is 2. The Hall–Kier alpha value is -4.28. The molecule has 35 heavy (non-hydrogen) atoms. The molecular weight excluding hydrogens is 452 g/mol. The van der Waals surface area contributed by atoms with Crippen molar-refractivity contribution in [3.8, 4) is 0 Å². The van der Waals surface area contributed by atoms with Crippen LogP contribution in [0.1, 0.15) is 18.1 Å². The first kappa shape index (κ1) is 22.5. The van der Waals surface area contributed by atoms with E-state index in [1.54, 1.807) is 30.0 Å². The zero-order valence-electron chi connectivity index (χ0n) is 18.8. The number of H-pyrrole nitrogens is 1. The number of carbonyl (C=O) groups is 2. The lowest BCUT2D eigenvalue weighted by Crippen LogP contribution is -2.22. The van der Waals surface area contributed by atoms with Gasteiger partial charge in [-0.15, -0.1) is 0 Å². The van der Waals surface area contributed by atoms with Crippen molar-refractivity contribution in [3.63, 3.8) is 0 Å². The standard InChI is InChI=1S/C25H22N4O6/c1-2-35-13-14(30)11-28-12-18(16-7-5-9-20(23(16)28)29(33)34)22-21(24(31)27-25(22)32)17-10-26-19-8-4-3-6-15(17)19/h3-10,12,14,26,30H,2,11,13H2,1H3,(H,27,31,32). The lowest BCUT2D eigenvalue weighted by Gasteiger charge is -2.12. The number of aliphatic hydroxyl groups excluding tert-OH is 1. The van der Waals surface area contributed by atoms with Crippen molar-refractivity contribution in [2.45, 2.75) is 19.6 Å². The van der Waals surface area contributed by atoms with E-state index >= 15 is 0 Å². The molecule has 0 saturated carbocycles. The van der Waals surface area contributed by atoms with Crippen LogP contribution in [0.15, 0.2) is 54.9 Å². The van der Waals surface area contributed by atoms with Crippen LogP contribution in [0.3, 0.4) is 0 Å². The number of para-hydroxylation sites is 2. The van der Waals surface area contributed by atoms with Gasteiger partial charge in [-0.3, -0.25) is 25.0 Å². The van der Waals surface area contributed by atoms with Crippen LogP contribution in [0.2, 0.25) is 0 Å². The zero-order chi connectivity index (χ0) is 24.7. The van der Waals surface area contributed by atoms with Crippen LogP contribution in [0.25, 0.3) is 33.0 Å². The highest BCUT2D eigenvalue weighted by molar-refractivity contribution is 6.50. The van der Waals surface area contributed by atoms with Crippen LogP contribution >= 0.6 is 0 Å². The molecule has 10 nitrogen and oxygen atoms in total. The summed E-state index contributed by atoms with van der Waals surface area (Å²) in [5, 5.41) is 25.8. The Balaban J connectivity index is 1.76. The maximum atomic E-state index is 13.0. The molecule has 2 aromatic carbocycles. The number of nitrogens with zero attached hydrogens (tertiary/aromatic N) is 2. The molecule has 1 aliphatic rings. The molecule has 2 amide bonds. The number of nitrogens with one attached hydrogen (secondary N) is 2. The highest BCUT2D eigenvalue weighted by Gasteiger charge is 2.36. The maximum absolute atomic E-state index is 13.0. The Labute approximate surface area is 199 Å². The van der Waals surface area contributed by atoms with Gasteiger partial charge in [0.25, 0.3) is 17.5 Å². The van der Waals surface area contributed by atoms with Crippen LogP contribution in [0.4, 0.5) is 5.69 Å². The van der Waals surface area contributed by atoms with Gasteiger partial charge >= 0.3 is 0 Å². The fourth-order valence-electron chi connectivity index (χ4n) is 4.61. The van der Waals surface area contributed by atoms with E-state index in [-0.39, 0.29) is 35.5 Å². The molecule has 1 unspecified atom stereocenters. The van der Waals surface area contributed by atoms with Crippen molar-refractivity contribution < 1.29 is 24.4 Å². The first-order valence-electron chi connectivity index (χ1n) is 11.1. The topological polar surface area (TPSA) is 139 Å². The molecule has 3 N–H and O–H groups in total. The van der Waals surface area contributed by atoms with Gasteiger partial charge in [0.05, 0.1) is 35.3 Å². The molecule has 0 spiro atoms. The van der Waals surface area contributed by atoms with Gasteiger partial charge < -0.3 is 19.4 Å². The smallest absolute Gasteiger partial charge is 0.293 e. The van der Waals surface area contributed by atoms with Gasteiger partial charge in [-0.2, -0.15) is 0 Å². The van der Waals surface area contributed by atoms with Crippen molar-refractivity contribution in [1.82, 2.24) is 14.9 Å². The highest BCUT2D eigenvalue weighted by Crippen LogP contribution is 2.40. The maximum Gasteiger partial charge on any atom is 0.293 e. The molecule has 0 fully saturated rings. The highest BCUT2D eigenvalue weighted by atomic mass is 16.6. The molecule has 0 bridgehead atoms. The molecule has 4 aromatic rings. The largest absolute Gasteiger partial charge is 0.389 e. The summed E-state index contributed by atoms with van der Waals surface area (Å²) >= 11 is 0. The first-order valence-corrected chi connectivity index (χ1v) is 11.1. The van der Waals surface area contributed by atoms with Crippen molar-refractivity contribution in [2.75, 3.05) is 13.2 Å². The quantitative estimate of drug-likeness (QED) is 0.204. The number of fused-ring (bicyclic) bond motifs is 2. The number of nitro groups is 1. The normalized spacial score (nSPS) is 14.8. The van der Waals surface area contributed by atoms with E-state index in [1.165, 1.54) is 12.1 Å². The van der Waals surface area contributed by atoms with Crippen LogP contribution in [0.5, 0.6) is 0 Å². The molecule has 1 atom stereocenters. The van der Waals surface area contributed by atoms with E-state index in [4.69, 9.17) is 4.74 Å². The second-order valence-corrected chi connectivity index (χ2v) is 8.22. The molecule has 0 radical (unpaired) electrons. The Morgan fingerprint density at radius 2 is 1.77 bits per heavy atom. The molecular formula is C25H22N4O6. The van der Waals surface area contributed by atoms with Crippen molar-refractivity contribution in [1.29, 1.82) is 0 Å². The fourth-order valence-corrected chi connectivity index (χ4v) is 4.61. The predicted molar refractivity (Wildman–Crippen MR) is 129 cm³/mol. The van der Waals surface area contributed by atoms with E-state index in [2.05, 4.69) is 10.3 Å². The lowest BCUT2D eigenvalue weighted by atomic mass is 9.95. The van der Waals surface area contributed by atoms with Crippen LogP contribution < -0.4 is 5.32 Å². The van der Waals surface area contributed by atoms with Gasteiger partial charge in [0.15, 0.2) is 0 Å². The average molecular weight is 474 g/mol. The summed E-state index contributed by atoms with van der Waals surface area (Å²) in [6.07, 6.45) is 2.32. The number of nitro benzene ring substituents is 1. The minimum atomic E-state index is -0.931. The molecule has 5 rings (SSSR count). The summed E-state index contributed by atoms with van der Waals surface area (Å²) in [6.45, 7) is 2.27. The second-order valence-electron chi connectivity index (χ2n) is 8.22. The van der Waals surface area contributed by atoms with Crippen molar-refractivity contribution in [2.24, 2.45) is 0 Å². The molecule has 0 saturated heterocycles. The fraction of sp³-hybridized carbons (Fsp3) is 0.200. The molecule has 2 aromatic heterocycles. The number of hydrogen-bond acceptors (Lipinski definition) is 6. The number of aliphatic hydroxyl groups is 1. The Morgan fingerprint density at radius 3 is 2.51 bits per heavy atom. The van der Waals surface area contributed by atoms with Gasteiger partial charge in [-0.05, 0) is 13.0 Å². The summed E-state index contributed by atoms with van der Waals surface area (Å²) in [5.41, 5.74) is 2.13. The van der Waals surface area contributed by atoms with E-state index in [1.807, 2.05) is 24.3 Å². The van der Waals surface area contributed by atoms with Gasteiger partial charge in [-0.1, -0.05) is 30.3 Å². The molecule has 178 valence electrons. The summed E-state index contributed by atoms with van der Waals surface area (Å²) in [5.74, 6) is -1.13. The number of aromatic amines is 1. The number of imide groups is 1. The van der Waals surface area contributed by atoms with Crippen LogP contribution in [-0.2, 0) is 20.9 Å². The number of hydrogen-bond donors (Lipinski definition) is 3. The monoisotopic (exact) mass is 474 g/mol. The number of benzene rings is 2. The van der Waals surface area contributed by atoms with Crippen molar-refractivity contribution >= 4 is 50.5 Å². The van der Waals surface area contributed by atoms with E-state index in [0.29, 0.717) is 23.1 Å². The molecule has 0 aliphatic carbocycles. The molecule has 1 aliphatic heterocycles. The zero-order valence-corrected chi connectivity index (χ0v) is 18.8. The van der Waals surface area contributed by atoms with Crippen molar-refractivity contribution in [3.05, 3.63) is 76.1 Å². The summed E-state index contributed by atoms with van der Waals surface area (Å²) < 4.78 is 6.83. The number of ether oxygens (including phenoxy) is 1. The van der Waals surface area contributed by atoms with Crippen LogP contribution in [0, 0.1) is 10.1 Å². The first-order chi connectivity index (χ1) is 16.9. The Morgan fingerprint density at radius 1 is 1.06 bits per heavy atom. The third kappa shape index (κ3) is 3.78. The van der Waals surface area contributed by atoms with Crippen LogP contribution in [-0.4, -0.2) is 50.7 Å². The predicted octanol–water partition coefficient (Wildman–Crippen LogP) is 3.00. The Bertz CT molecular complexity index is 1530. The third-order valence-corrected chi connectivity index (χ3v) is 6.05. The number of non-ortho nitro benzene ring substituents is 1. The number of rotatable bonds is 8. The second kappa shape index (κ2) is 8.82. The SMILES string of the molecule is CCOCC(O)Cn1cc(C2=C(c3c[nH]c4ccccc34)C(=O)NC2=O)c2cccc([N+](=O)[O-])c21. The minimum absolute atomic E-state index is 0.00657. The summed E-state index contributed by atoms with van der Waals surface area (Å²) in [6, 6.07) is 12.0. The molecule has 3 heterocycles. The molecule has 10 heteroatoms. The van der Waals surface area contributed by atoms with E-state index in [9.17, 15) is 24.8 Å². The van der Waals surface area contributed by atoms with Gasteiger partial charge in [-0.25, -0.2) is 0 Å².